The molecule has 0 radical (unpaired) electrons. The van der Waals surface area contributed by atoms with E-state index in [0.29, 0.717) is 0 Å². The fourth-order valence-corrected chi connectivity index (χ4v) is 2.06. The normalized spacial score (nSPS) is 17.9. The van der Waals surface area contributed by atoms with E-state index >= 15 is 0 Å². The van der Waals surface area contributed by atoms with Gasteiger partial charge in [0, 0.05) is 0 Å². The number of rotatable bonds is 2. The van der Waals surface area contributed by atoms with Gasteiger partial charge in [0.1, 0.15) is 0 Å². The van der Waals surface area contributed by atoms with Gasteiger partial charge < -0.3 is 0 Å². The number of hydrogen-bond acceptors (Lipinski definition) is 0. The van der Waals surface area contributed by atoms with E-state index in [9.17, 15) is 0 Å². The van der Waals surface area contributed by atoms with E-state index in [-0.39, 0.29) is 0 Å². The maximum atomic E-state index is 2.39. The van der Waals surface area contributed by atoms with Gasteiger partial charge in [0.05, 0.1) is 0 Å². The molecule has 1 heteroatoms. The third kappa shape index (κ3) is 1.69. The second-order valence-corrected chi connectivity index (χ2v) is 4.07. The summed E-state index contributed by atoms with van der Waals surface area (Å²) < 4.78 is 1.63. The Balaban J connectivity index is 2.63. The van der Waals surface area contributed by atoms with E-state index in [0.717, 1.165) is 0 Å². The van der Waals surface area contributed by atoms with Crippen LogP contribution >= 0.6 is 0 Å². The van der Waals surface area contributed by atoms with Crippen molar-refractivity contribution >= 4 is 0 Å². The van der Waals surface area contributed by atoms with Crippen molar-refractivity contribution in [2.45, 2.75) is 33.1 Å². The Kier molecular flexibility index (Phi) is 3.10. The molecule has 1 rings (SSSR count). The Morgan fingerprint density at radius 2 is 2.30 bits per heavy atom. The van der Waals surface area contributed by atoms with Gasteiger partial charge in [-0.05, 0) is 0 Å². The van der Waals surface area contributed by atoms with Crippen molar-refractivity contribution in [3.8, 4) is 0 Å². The zero-order valence-electron chi connectivity index (χ0n) is 6.70. The Hall–Kier alpha value is 0.363. The Morgan fingerprint density at radius 1 is 1.60 bits per heavy atom. The van der Waals surface area contributed by atoms with Crippen molar-refractivity contribution < 1.29 is 24.7 Å². The Labute approximate surface area is 78.2 Å². The molecule has 0 amide bonds. The molecule has 10 heavy (non-hydrogen) atoms. The molecule has 0 unspecified atom stereocenters. The van der Waals surface area contributed by atoms with Crippen LogP contribution in [0.15, 0.2) is 20.5 Å². The molecule has 0 atom stereocenters. The van der Waals surface area contributed by atoms with E-state index < -0.39 is 0 Å². The molecule has 1 aliphatic carbocycles. The second kappa shape index (κ2) is 3.67. The maximum absolute atomic E-state index is 2.39. The molecular weight excluding hydrogens is 199 g/mol. The standard InChI is InChI=1S/C9H13.Zr/c1-3-4-9-6-5-8(2)7-9;/h6H,3-5H2,1-2H3;. The monoisotopic (exact) mass is 211 g/mol. The molecule has 0 aromatic rings. The Morgan fingerprint density at radius 3 is 2.70 bits per heavy atom. The fourth-order valence-electron chi connectivity index (χ4n) is 1.25. The molecule has 0 fully saturated rings. The van der Waals surface area contributed by atoms with E-state index in [1.165, 1.54) is 19.3 Å². The first kappa shape index (κ1) is 8.46. The molecule has 53 valence electrons. The van der Waals surface area contributed by atoms with Crippen LogP contribution in [0.25, 0.3) is 0 Å². The van der Waals surface area contributed by atoms with Gasteiger partial charge in [-0.15, -0.1) is 0 Å². The summed E-state index contributed by atoms with van der Waals surface area (Å²) in [5, 5.41) is 0. The van der Waals surface area contributed by atoms with Crippen LogP contribution in [0.2, 0.25) is 0 Å². The fraction of sp³-hybridized carbons (Fsp3) is 0.556. The number of hydrogen-bond donors (Lipinski definition) is 0. The van der Waals surface area contributed by atoms with Crippen LogP contribution in [0, 0.1) is 0 Å². The van der Waals surface area contributed by atoms with Crippen molar-refractivity contribution in [1.82, 2.24) is 0 Å². The van der Waals surface area contributed by atoms with Crippen LogP contribution in [0.5, 0.6) is 0 Å². The molecule has 1 aliphatic rings. The third-order valence-electron chi connectivity index (χ3n) is 1.92. The van der Waals surface area contributed by atoms with Gasteiger partial charge in [-0.3, -0.25) is 0 Å². The predicted octanol–water partition coefficient (Wildman–Crippen LogP) is 2.94. The van der Waals surface area contributed by atoms with Gasteiger partial charge in [-0.1, -0.05) is 0 Å². The van der Waals surface area contributed by atoms with Crippen LogP contribution < -0.4 is 0 Å². The van der Waals surface area contributed by atoms with Crippen LogP contribution in [-0.4, -0.2) is 0 Å². The van der Waals surface area contributed by atoms with Gasteiger partial charge in [0.15, 0.2) is 0 Å². The summed E-state index contributed by atoms with van der Waals surface area (Å²) in [6, 6.07) is 0. The minimum absolute atomic E-state index is 1.22. The molecule has 0 aromatic heterocycles. The predicted molar refractivity (Wildman–Crippen MR) is 40.3 cm³/mol. The third-order valence-corrected chi connectivity index (χ3v) is 3.76. The van der Waals surface area contributed by atoms with Crippen molar-refractivity contribution in [3.63, 3.8) is 0 Å². The SMILES string of the molecule is CCCC1=CCC(C)=[C]1[Zr]. The van der Waals surface area contributed by atoms with Crippen LogP contribution in [-0.2, 0) is 24.7 Å². The summed E-state index contributed by atoms with van der Waals surface area (Å²) >= 11 is 1.60. The van der Waals surface area contributed by atoms with Crippen LogP contribution in [0.4, 0.5) is 0 Å². The summed E-state index contributed by atoms with van der Waals surface area (Å²) in [5.74, 6) is 0. The summed E-state index contributed by atoms with van der Waals surface area (Å²) in [6.45, 7) is 4.50. The van der Waals surface area contributed by atoms with Crippen LogP contribution in [0.3, 0.4) is 0 Å². The quantitative estimate of drug-likeness (QED) is 0.660. The topological polar surface area (TPSA) is 0 Å². The van der Waals surface area contributed by atoms with Gasteiger partial charge in [-0.25, -0.2) is 0 Å². The van der Waals surface area contributed by atoms with Gasteiger partial charge >= 0.3 is 78.3 Å². The molecule has 0 saturated carbocycles. The van der Waals surface area contributed by atoms with Crippen molar-refractivity contribution in [1.29, 1.82) is 0 Å². The van der Waals surface area contributed by atoms with Gasteiger partial charge in [0.25, 0.3) is 0 Å². The van der Waals surface area contributed by atoms with Gasteiger partial charge in [0.2, 0.25) is 0 Å². The summed E-state index contributed by atoms with van der Waals surface area (Å²) in [6.07, 6.45) is 6.19. The average Bonchev–Trinajstić information content (AvgIpc) is 2.20. The van der Waals surface area contributed by atoms with Crippen molar-refractivity contribution in [3.05, 3.63) is 20.5 Å². The zero-order chi connectivity index (χ0) is 7.56. The molecule has 0 saturated heterocycles. The number of allylic oxidation sites excluding steroid dienone is 4. The molecule has 0 aliphatic heterocycles. The molecule has 0 N–H and O–H groups in total. The minimum atomic E-state index is 1.22. The molecule has 0 bridgehead atoms. The first-order chi connectivity index (χ1) is 4.75. The summed E-state index contributed by atoms with van der Waals surface area (Å²) in [5.41, 5.74) is 3.22. The molecule has 0 aromatic carbocycles. The molecule has 0 spiro atoms. The van der Waals surface area contributed by atoms with Gasteiger partial charge in [-0.2, -0.15) is 0 Å². The van der Waals surface area contributed by atoms with Crippen LogP contribution in [0.1, 0.15) is 33.1 Å². The first-order valence-corrected chi connectivity index (χ1v) is 5.09. The average molecular weight is 212 g/mol. The van der Waals surface area contributed by atoms with E-state index in [2.05, 4.69) is 19.9 Å². The molecule has 0 heterocycles. The Bertz CT molecular complexity index is 187. The van der Waals surface area contributed by atoms with Crippen molar-refractivity contribution in [2.75, 3.05) is 0 Å². The summed E-state index contributed by atoms with van der Waals surface area (Å²) in [7, 11) is 0. The molecular formula is C9H13Zr. The first-order valence-electron chi connectivity index (χ1n) is 3.86. The second-order valence-electron chi connectivity index (χ2n) is 2.84. The van der Waals surface area contributed by atoms with E-state index in [1.807, 2.05) is 0 Å². The zero-order valence-corrected chi connectivity index (χ0v) is 9.16. The summed E-state index contributed by atoms with van der Waals surface area (Å²) in [4.78, 5) is 0. The van der Waals surface area contributed by atoms with Crippen molar-refractivity contribution in [2.24, 2.45) is 0 Å². The molecule has 0 nitrogen and oxygen atoms in total. The van der Waals surface area contributed by atoms with E-state index in [1.54, 1.807) is 39.1 Å². The van der Waals surface area contributed by atoms with E-state index in [4.69, 9.17) is 0 Å².